The van der Waals surface area contributed by atoms with E-state index in [9.17, 15) is 9.59 Å². The van der Waals surface area contributed by atoms with Crippen molar-refractivity contribution < 1.29 is 18.7 Å². The highest BCUT2D eigenvalue weighted by atomic mass is 32.1. The highest BCUT2D eigenvalue weighted by molar-refractivity contribution is 7.14. The maximum absolute atomic E-state index is 12.1. The first-order chi connectivity index (χ1) is 12.6. The van der Waals surface area contributed by atoms with E-state index in [1.807, 2.05) is 0 Å². The molecule has 2 aromatic rings. The van der Waals surface area contributed by atoms with Crippen molar-refractivity contribution in [3.05, 3.63) is 34.7 Å². The summed E-state index contributed by atoms with van der Waals surface area (Å²) in [6, 6.07) is 1.61. The first kappa shape index (κ1) is 20.1. The Morgan fingerprint density at radius 1 is 1.31 bits per heavy atom. The number of hydrogen-bond donors (Lipinski definition) is 2. The first-order valence-corrected chi connectivity index (χ1v) is 9.62. The van der Waals surface area contributed by atoms with Crippen LogP contribution in [-0.4, -0.2) is 36.6 Å². The average molecular weight is 379 g/mol. The van der Waals surface area contributed by atoms with Crippen LogP contribution in [0.4, 0.5) is 5.13 Å². The van der Waals surface area contributed by atoms with Gasteiger partial charge >= 0.3 is 0 Å². The Bertz CT molecular complexity index is 711. The monoisotopic (exact) mass is 379 g/mol. The number of thiazole rings is 1. The number of anilines is 1. The summed E-state index contributed by atoms with van der Waals surface area (Å²) < 4.78 is 10.6. The molecule has 0 aromatic carbocycles. The Kier molecular flexibility index (Phi) is 8.30. The van der Waals surface area contributed by atoms with Crippen LogP contribution < -0.4 is 10.6 Å². The van der Waals surface area contributed by atoms with Crippen LogP contribution >= 0.6 is 11.3 Å². The molecule has 0 fully saturated rings. The summed E-state index contributed by atoms with van der Waals surface area (Å²) in [7, 11) is 0. The van der Waals surface area contributed by atoms with Crippen LogP contribution in [0.2, 0.25) is 0 Å². The molecule has 2 heterocycles. The summed E-state index contributed by atoms with van der Waals surface area (Å²) in [4.78, 5) is 28.3. The largest absolute Gasteiger partial charge is 0.469 e. The van der Waals surface area contributed by atoms with E-state index in [4.69, 9.17) is 9.15 Å². The summed E-state index contributed by atoms with van der Waals surface area (Å²) >= 11 is 1.29. The maximum Gasteiger partial charge on any atom is 0.260 e. The van der Waals surface area contributed by atoms with E-state index in [2.05, 4.69) is 22.5 Å². The van der Waals surface area contributed by atoms with Crippen LogP contribution in [0.15, 0.2) is 22.1 Å². The fourth-order valence-electron chi connectivity index (χ4n) is 2.21. The van der Waals surface area contributed by atoms with Crippen LogP contribution in [0.25, 0.3) is 0 Å². The molecule has 26 heavy (non-hydrogen) atoms. The molecule has 8 heteroatoms. The van der Waals surface area contributed by atoms with Crippen molar-refractivity contribution in [3.8, 4) is 0 Å². The standard InChI is InChI=1S/C18H25N3O4S/c1-3-4-8-24-9-5-7-19-16(22)11-14-12-26-18(20-14)21-17(23)15-6-10-25-13(15)2/h6,10,12H,3-5,7-9,11H2,1-2H3,(H,19,22)(H,20,21,23). The van der Waals surface area contributed by atoms with Gasteiger partial charge in [-0.2, -0.15) is 0 Å². The first-order valence-electron chi connectivity index (χ1n) is 8.74. The number of carbonyl (C=O) groups is 2. The molecule has 2 rings (SSSR count). The molecule has 0 aliphatic carbocycles. The van der Waals surface area contributed by atoms with Crippen LogP contribution in [0.1, 0.15) is 48.0 Å². The molecular weight excluding hydrogens is 354 g/mol. The quantitative estimate of drug-likeness (QED) is 0.585. The van der Waals surface area contributed by atoms with Crippen molar-refractivity contribution >= 4 is 28.3 Å². The number of hydrogen-bond acceptors (Lipinski definition) is 6. The van der Waals surface area contributed by atoms with E-state index in [-0.39, 0.29) is 18.2 Å². The molecule has 2 aromatic heterocycles. The number of aromatic nitrogens is 1. The Balaban J connectivity index is 1.68. The van der Waals surface area contributed by atoms with Crippen molar-refractivity contribution in [1.82, 2.24) is 10.3 Å². The second kappa shape index (κ2) is 10.7. The molecule has 2 amide bonds. The van der Waals surface area contributed by atoms with Gasteiger partial charge in [0.1, 0.15) is 5.76 Å². The third-order valence-electron chi connectivity index (χ3n) is 3.65. The predicted molar refractivity (Wildman–Crippen MR) is 101 cm³/mol. The van der Waals surface area contributed by atoms with Crippen molar-refractivity contribution in [1.29, 1.82) is 0 Å². The van der Waals surface area contributed by atoms with Crippen LogP contribution in [0, 0.1) is 6.92 Å². The maximum atomic E-state index is 12.1. The van der Waals surface area contributed by atoms with Crippen molar-refractivity contribution in [2.75, 3.05) is 25.1 Å². The van der Waals surface area contributed by atoms with Gasteiger partial charge in [0.25, 0.3) is 5.91 Å². The number of nitrogens with zero attached hydrogens (tertiary/aromatic N) is 1. The topological polar surface area (TPSA) is 93.5 Å². The lowest BCUT2D eigenvalue weighted by Crippen LogP contribution is -2.27. The summed E-state index contributed by atoms with van der Waals surface area (Å²) in [5.74, 6) is 0.189. The van der Waals surface area contributed by atoms with Crippen molar-refractivity contribution in [2.24, 2.45) is 0 Å². The predicted octanol–water partition coefficient (Wildman–Crippen LogP) is 3.16. The molecule has 0 spiro atoms. The lowest BCUT2D eigenvalue weighted by molar-refractivity contribution is -0.120. The molecule has 0 saturated heterocycles. The van der Waals surface area contributed by atoms with Gasteiger partial charge < -0.3 is 14.5 Å². The fraction of sp³-hybridized carbons (Fsp3) is 0.500. The number of rotatable bonds is 11. The zero-order valence-corrected chi connectivity index (χ0v) is 16.0. The van der Waals surface area contributed by atoms with Gasteiger partial charge in [0.05, 0.1) is 23.9 Å². The van der Waals surface area contributed by atoms with E-state index >= 15 is 0 Å². The van der Waals surface area contributed by atoms with Gasteiger partial charge in [-0.25, -0.2) is 4.98 Å². The van der Waals surface area contributed by atoms with Gasteiger partial charge in [0.2, 0.25) is 5.91 Å². The number of carbonyl (C=O) groups excluding carboxylic acids is 2. The zero-order valence-electron chi connectivity index (χ0n) is 15.2. The second-order valence-electron chi connectivity index (χ2n) is 5.83. The molecule has 7 nitrogen and oxygen atoms in total. The van der Waals surface area contributed by atoms with E-state index in [0.29, 0.717) is 35.3 Å². The van der Waals surface area contributed by atoms with Crippen molar-refractivity contribution in [2.45, 2.75) is 39.5 Å². The van der Waals surface area contributed by atoms with Gasteiger partial charge in [-0.1, -0.05) is 13.3 Å². The molecule has 0 saturated carbocycles. The molecular formula is C18H25N3O4S. The van der Waals surface area contributed by atoms with Crippen molar-refractivity contribution in [3.63, 3.8) is 0 Å². The van der Waals surface area contributed by atoms with E-state index in [1.54, 1.807) is 18.4 Å². The molecule has 142 valence electrons. The third kappa shape index (κ3) is 6.61. The zero-order chi connectivity index (χ0) is 18.8. The SMILES string of the molecule is CCCCOCCCNC(=O)Cc1csc(NC(=O)c2ccoc2C)n1. The number of nitrogens with one attached hydrogen (secondary N) is 2. The number of aryl methyl sites for hydroxylation is 1. The summed E-state index contributed by atoms with van der Waals surface area (Å²) in [6.07, 6.45) is 4.63. The van der Waals surface area contributed by atoms with Gasteiger partial charge in [-0.3, -0.25) is 14.9 Å². The third-order valence-corrected chi connectivity index (χ3v) is 4.45. The van der Waals surface area contributed by atoms with Gasteiger partial charge in [0.15, 0.2) is 5.13 Å². The van der Waals surface area contributed by atoms with Crippen LogP contribution in [0.3, 0.4) is 0 Å². The van der Waals surface area contributed by atoms with Gasteiger partial charge in [-0.15, -0.1) is 11.3 Å². The van der Waals surface area contributed by atoms with Gasteiger partial charge in [-0.05, 0) is 25.8 Å². The molecule has 0 unspecified atom stereocenters. The number of amides is 2. The minimum absolute atomic E-state index is 0.0904. The smallest absolute Gasteiger partial charge is 0.260 e. The molecule has 0 aliphatic heterocycles. The highest BCUT2D eigenvalue weighted by Crippen LogP contribution is 2.18. The fourth-order valence-corrected chi connectivity index (χ4v) is 2.91. The summed E-state index contributed by atoms with van der Waals surface area (Å²) in [5, 5.41) is 7.79. The molecule has 0 radical (unpaired) electrons. The molecule has 0 atom stereocenters. The summed E-state index contributed by atoms with van der Waals surface area (Å²) in [6.45, 7) is 5.86. The number of unbranched alkanes of at least 4 members (excludes halogenated alkanes) is 1. The van der Waals surface area contributed by atoms with Crippen LogP contribution in [-0.2, 0) is 16.0 Å². The summed E-state index contributed by atoms with van der Waals surface area (Å²) in [5.41, 5.74) is 1.10. The molecule has 0 aliphatic rings. The minimum Gasteiger partial charge on any atom is -0.469 e. The number of ether oxygens (including phenoxy) is 1. The van der Waals surface area contributed by atoms with E-state index in [1.165, 1.54) is 17.6 Å². The number of furan rings is 1. The minimum atomic E-state index is -0.273. The molecule has 2 N–H and O–H groups in total. The van der Waals surface area contributed by atoms with E-state index in [0.717, 1.165) is 25.9 Å². The van der Waals surface area contributed by atoms with Gasteiger partial charge in [0, 0.05) is 25.1 Å². The van der Waals surface area contributed by atoms with E-state index < -0.39 is 0 Å². The Hall–Kier alpha value is -2.19. The Labute approximate surface area is 157 Å². The Morgan fingerprint density at radius 3 is 2.85 bits per heavy atom. The highest BCUT2D eigenvalue weighted by Gasteiger charge is 2.14. The second-order valence-corrected chi connectivity index (χ2v) is 6.69. The normalized spacial score (nSPS) is 10.7. The average Bonchev–Trinajstić information content (AvgIpc) is 3.23. The molecule has 0 bridgehead atoms. The lowest BCUT2D eigenvalue weighted by Gasteiger charge is -2.05. The van der Waals surface area contributed by atoms with Crippen LogP contribution in [0.5, 0.6) is 0 Å². The Morgan fingerprint density at radius 2 is 2.12 bits per heavy atom. The lowest BCUT2D eigenvalue weighted by atomic mass is 10.2.